The quantitative estimate of drug-likeness (QED) is 0.776. The molecule has 2 nitrogen and oxygen atoms in total. The van der Waals surface area contributed by atoms with E-state index < -0.39 is 0 Å². The number of hydrogen-bond acceptors (Lipinski definition) is 1. The molecule has 0 radical (unpaired) electrons. The SMILES string of the molecule is CCCC(C)c1nc(C(C)C(C)C)c[nH]1. The molecule has 2 unspecified atom stereocenters. The molecule has 86 valence electrons. The van der Waals surface area contributed by atoms with Crippen molar-refractivity contribution in [1.29, 1.82) is 0 Å². The van der Waals surface area contributed by atoms with Crippen LogP contribution >= 0.6 is 0 Å². The Morgan fingerprint density at radius 3 is 2.47 bits per heavy atom. The molecule has 0 aliphatic carbocycles. The van der Waals surface area contributed by atoms with Crippen molar-refractivity contribution >= 4 is 0 Å². The Morgan fingerprint density at radius 1 is 1.27 bits per heavy atom. The van der Waals surface area contributed by atoms with E-state index in [4.69, 9.17) is 4.98 Å². The Kier molecular flexibility index (Phi) is 4.37. The fourth-order valence-corrected chi connectivity index (χ4v) is 1.75. The molecule has 1 aromatic heterocycles. The predicted octanol–water partition coefficient (Wildman–Crippen LogP) is 4.07. The van der Waals surface area contributed by atoms with Crippen LogP contribution in [-0.2, 0) is 0 Å². The second-order valence-corrected chi connectivity index (χ2v) is 4.93. The van der Waals surface area contributed by atoms with E-state index >= 15 is 0 Å². The molecule has 0 spiro atoms. The summed E-state index contributed by atoms with van der Waals surface area (Å²) in [6.45, 7) is 11.2. The Hall–Kier alpha value is -0.790. The van der Waals surface area contributed by atoms with Gasteiger partial charge in [0.1, 0.15) is 5.82 Å². The fraction of sp³-hybridized carbons (Fsp3) is 0.769. The van der Waals surface area contributed by atoms with Gasteiger partial charge in [0.2, 0.25) is 0 Å². The fourth-order valence-electron chi connectivity index (χ4n) is 1.75. The summed E-state index contributed by atoms with van der Waals surface area (Å²) >= 11 is 0. The van der Waals surface area contributed by atoms with Gasteiger partial charge >= 0.3 is 0 Å². The minimum absolute atomic E-state index is 0.545. The zero-order valence-electron chi connectivity index (χ0n) is 10.7. The van der Waals surface area contributed by atoms with E-state index in [0.717, 1.165) is 5.82 Å². The van der Waals surface area contributed by atoms with Crippen molar-refractivity contribution in [1.82, 2.24) is 9.97 Å². The molecule has 0 aliphatic rings. The van der Waals surface area contributed by atoms with Gasteiger partial charge in [-0.15, -0.1) is 0 Å². The van der Waals surface area contributed by atoms with Crippen LogP contribution in [0.2, 0.25) is 0 Å². The average Bonchev–Trinajstić information content (AvgIpc) is 2.65. The highest BCUT2D eigenvalue weighted by Gasteiger charge is 2.15. The van der Waals surface area contributed by atoms with Gasteiger partial charge in [-0.1, -0.05) is 41.0 Å². The topological polar surface area (TPSA) is 28.7 Å². The molecule has 0 saturated carbocycles. The monoisotopic (exact) mass is 208 g/mol. The van der Waals surface area contributed by atoms with Crippen molar-refractivity contribution in [3.63, 3.8) is 0 Å². The number of H-pyrrole nitrogens is 1. The second kappa shape index (κ2) is 5.34. The van der Waals surface area contributed by atoms with E-state index in [1.54, 1.807) is 0 Å². The van der Waals surface area contributed by atoms with Gasteiger partial charge in [0.25, 0.3) is 0 Å². The van der Waals surface area contributed by atoms with Gasteiger partial charge in [0.15, 0.2) is 0 Å². The molecule has 1 aromatic rings. The van der Waals surface area contributed by atoms with Crippen molar-refractivity contribution < 1.29 is 0 Å². The highest BCUT2D eigenvalue weighted by molar-refractivity contribution is 5.09. The van der Waals surface area contributed by atoms with E-state index in [1.165, 1.54) is 18.5 Å². The molecular formula is C13H24N2. The van der Waals surface area contributed by atoms with Gasteiger partial charge in [-0.25, -0.2) is 4.98 Å². The summed E-state index contributed by atoms with van der Waals surface area (Å²) in [7, 11) is 0. The normalized spacial score (nSPS) is 15.6. The first-order valence-electron chi connectivity index (χ1n) is 6.11. The molecule has 15 heavy (non-hydrogen) atoms. The number of nitrogens with one attached hydrogen (secondary N) is 1. The smallest absolute Gasteiger partial charge is 0.109 e. The number of aromatic amines is 1. The number of nitrogens with zero attached hydrogens (tertiary/aromatic N) is 1. The molecule has 0 aliphatic heterocycles. The maximum absolute atomic E-state index is 4.69. The van der Waals surface area contributed by atoms with Crippen molar-refractivity contribution in [2.75, 3.05) is 0 Å². The van der Waals surface area contributed by atoms with Crippen molar-refractivity contribution in [2.24, 2.45) is 5.92 Å². The second-order valence-electron chi connectivity index (χ2n) is 4.93. The lowest BCUT2D eigenvalue weighted by atomic mass is 9.95. The summed E-state index contributed by atoms with van der Waals surface area (Å²) in [6.07, 6.45) is 4.51. The van der Waals surface area contributed by atoms with Gasteiger partial charge < -0.3 is 4.98 Å². The zero-order valence-corrected chi connectivity index (χ0v) is 10.7. The first kappa shape index (κ1) is 12.3. The van der Waals surface area contributed by atoms with Crippen LogP contribution in [0.25, 0.3) is 0 Å². The molecular weight excluding hydrogens is 184 g/mol. The number of imidazole rings is 1. The van der Waals surface area contributed by atoms with Gasteiger partial charge in [-0.05, 0) is 12.3 Å². The van der Waals surface area contributed by atoms with Crippen LogP contribution in [0.1, 0.15) is 70.8 Å². The Morgan fingerprint density at radius 2 is 1.93 bits per heavy atom. The predicted molar refractivity (Wildman–Crippen MR) is 65.2 cm³/mol. The summed E-state index contributed by atoms with van der Waals surface area (Å²) in [5.74, 6) is 2.91. The summed E-state index contributed by atoms with van der Waals surface area (Å²) in [6, 6.07) is 0. The largest absolute Gasteiger partial charge is 0.348 e. The molecule has 2 atom stereocenters. The van der Waals surface area contributed by atoms with Crippen molar-refractivity contribution in [2.45, 2.75) is 59.3 Å². The molecule has 1 heterocycles. The lowest BCUT2D eigenvalue weighted by Gasteiger charge is -2.12. The Labute approximate surface area is 93.5 Å². The lowest BCUT2D eigenvalue weighted by Crippen LogP contribution is -2.03. The molecule has 2 heteroatoms. The summed E-state index contributed by atoms with van der Waals surface area (Å²) in [5, 5.41) is 0. The van der Waals surface area contributed by atoms with Crippen LogP contribution < -0.4 is 0 Å². The lowest BCUT2D eigenvalue weighted by molar-refractivity contribution is 0.523. The molecule has 0 saturated heterocycles. The van der Waals surface area contributed by atoms with Crippen LogP contribution in [0, 0.1) is 5.92 Å². The van der Waals surface area contributed by atoms with E-state index in [2.05, 4.69) is 45.8 Å². The van der Waals surface area contributed by atoms with E-state index in [-0.39, 0.29) is 0 Å². The third kappa shape index (κ3) is 3.08. The van der Waals surface area contributed by atoms with Crippen LogP contribution in [0.3, 0.4) is 0 Å². The minimum Gasteiger partial charge on any atom is -0.348 e. The molecule has 0 bridgehead atoms. The third-order valence-electron chi connectivity index (χ3n) is 3.27. The molecule has 0 amide bonds. The summed E-state index contributed by atoms with van der Waals surface area (Å²) in [4.78, 5) is 8.01. The first-order valence-corrected chi connectivity index (χ1v) is 6.11. The van der Waals surface area contributed by atoms with Gasteiger partial charge in [0, 0.05) is 18.0 Å². The molecule has 0 aromatic carbocycles. The van der Waals surface area contributed by atoms with E-state index in [1.807, 2.05) is 0 Å². The highest BCUT2D eigenvalue weighted by Crippen LogP contribution is 2.24. The van der Waals surface area contributed by atoms with Crippen LogP contribution in [-0.4, -0.2) is 9.97 Å². The van der Waals surface area contributed by atoms with Gasteiger partial charge in [0.05, 0.1) is 5.69 Å². The number of hydrogen-bond donors (Lipinski definition) is 1. The zero-order chi connectivity index (χ0) is 11.4. The molecule has 0 fully saturated rings. The summed E-state index contributed by atoms with van der Waals surface area (Å²) in [5.41, 5.74) is 1.21. The standard InChI is InChI=1S/C13H24N2/c1-6-7-10(4)13-14-8-12(15-13)11(5)9(2)3/h8-11H,6-7H2,1-5H3,(H,14,15). The van der Waals surface area contributed by atoms with Crippen LogP contribution in [0.4, 0.5) is 0 Å². The highest BCUT2D eigenvalue weighted by atomic mass is 14.9. The van der Waals surface area contributed by atoms with Crippen molar-refractivity contribution in [3.8, 4) is 0 Å². The minimum atomic E-state index is 0.545. The Bertz CT molecular complexity index is 288. The van der Waals surface area contributed by atoms with Gasteiger partial charge in [-0.3, -0.25) is 0 Å². The maximum atomic E-state index is 4.69. The van der Waals surface area contributed by atoms with E-state index in [0.29, 0.717) is 17.8 Å². The average molecular weight is 208 g/mol. The van der Waals surface area contributed by atoms with E-state index in [9.17, 15) is 0 Å². The first-order chi connectivity index (χ1) is 7.06. The Balaban J connectivity index is 2.71. The summed E-state index contributed by atoms with van der Waals surface area (Å²) < 4.78 is 0. The van der Waals surface area contributed by atoms with Crippen LogP contribution in [0.5, 0.6) is 0 Å². The van der Waals surface area contributed by atoms with Crippen molar-refractivity contribution in [3.05, 3.63) is 17.7 Å². The van der Waals surface area contributed by atoms with Crippen LogP contribution in [0.15, 0.2) is 6.20 Å². The number of rotatable bonds is 5. The molecule has 1 N–H and O–H groups in total. The number of aromatic nitrogens is 2. The molecule has 1 rings (SSSR count). The maximum Gasteiger partial charge on any atom is 0.109 e. The third-order valence-corrected chi connectivity index (χ3v) is 3.27. The van der Waals surface area contributed by atoms with Gasteiger partial charge in [-0.2, -0.15) is 0 Å².